The molecule has 0 aromatic rings. The molecule has 0 radical (unpaired) electrons. The lowest BCUT2D eigenvalue weighted by Gasteiger charge is -2.23. The number of allylic oxidation sites excluding steroid dienone is 1. The molecule has 1 fully saturated rings. The van der Waals surface area contributed by atoms with Crippen molar-refractivity contribution in [3.05, 3.63) is 11.6 Å². The van der Waals surface area contributed by atoms with Gasteiger partial charge in [0.05, 0.1) is 0 Å². The van der Waals surface area contributed by atoms with E-state index in [9.17, 15) is 4.79 Å². The highest BCUT2D eigenvalue weighted by Gasteiger charge is 2.15. The van der Waals surface area contributed by atoms with Gasteiger partial charge in [0.2, 0.25) is 5.91 Å². The van der Waals surface area contributed by atoms with Gasteiger partial charge in [0.25, 0.3) is 0 Å². The first kappa shape index (κ1) is 11.2. The molecule has 0 unspecified atom stereocenters. The van der Waals surface area contributed by atoms with Gasteiger partial charge in [-0.2, -0.15) is 0 Å². The van der Waals surface area contributed by atoms with Crippen molar-refractivity contribution in [3.63, 3.8) is 0 Å². The Balaban J connectivity index is 2.35. The van der Waals surface area contributed by atoms with E-state index in [1.54, 1.807) is 0 Å². The zero-order valence-electron chi connectivity index (χ0n) is 9.10. The minimum Gasteiger partial charge on any atom is -0.348 e. The molecule has 1 aliphatic heterocycles. The van der Waals surface area contributed by atoms with Gasteiger partial charge < -0.3 is 10.6 Å². The lowest BCUT2D eigenvalue weighted by molar-refractivity contribution is -0.118. The van der Waals surface area contributed by atoms with E-state index in [1.165, 1.54) is 0 Å². The number of hydrogen-bond acceptors (Lipinski definition) is 2. The second kappa shape index (κ2) is 5.81. The van der Waals surface area contributed by atoms with E-state index in [4.69, 9.17) is 0 Å². The summed E-state index contributed by atoms with van der Waals surface area (Å²) in [5, 5.41) is 6.31. The lowest BCUT2D eigenvalue weighted by atomic mass is 10.1. The molecule has 1 amide bonds. The van der Waals surface area contributed by atoms with Gasteiger partial charge in [0.1, 0.15) is 0 Å². The number of amides is 1. The van der Waals surface area contributed by atoms with Crippen molar-refractivity contribution < 1.29 is 4.79 Å². The van der Waals surface area contributed by atoms with Crippen molar-refractivity contribution >= 4 is 5.91 Å². The van der Waals surface area contributed by atoms with Crippen LogP contribution in [0.5, 0.6) is 0 Å². The van der Waals surface area contributed by atoms with Gasteiger partial charge in [0.15, 0.2) is 0 Å². The van der Waals surface area contributed by atoms with E-state index in [-0.39, 0.29) is 5.91 Å². The minimum absolute atomic E-state index is 0.0838. The average molecular weight is 196 g/mol. The Bertz CT molecular complexity index is 217. The third kappa shape index (κ3) is 3.50. The largest absolute Gasteiger partial charge is 0.348 e. The molecule has 0 bridgehead atoms. The molecule has 0 aromatic carbocycles. The van der Waals surface area contributed by atoms with E-state index in [1.807, 2.05) is 19.9 Å². The van der Waals surface area contributed by atoms with Gasteiger partial charge in [-0.25, -0.2) is 0 Å². The molecule has 0 aliphatic carbocycles. The van der Waals surface area contributed by atoms with Crippen molar-refractivity contribution in [2.24, 2.45) is 0 Å². The number of nitrogens with one attached hydrogen (secondary N) is 2. The number of rotatable bonds is 3. The Morgan fingerprint density at radius 1 is 1.64 bits per heavy atom. The second-order valence-corrected chi connectivity index (χ2v) is 3.81. The Labute approximate surface area is 86.0 Å². The predicted molar refractivity (Wildman–Crippen MR) is 58.1 cm³/mol. The van der Waals surface area contributed by atoms with Gasteiger partial charge >= 0.3 is 0 Å². The highest BCUT2D eigenvalue weighted by molar-refractivity contribution is 5.92. The summed E-state index contributed by atoms with van der Waals surface area (Å²) in [7, 11) is 0. The third-order valence-corrected chi connectivity index (χ3v) is 2.50. The standard InChI is InChI=1S/C11H20N2O/c1-3-5-9(2)11(14)13-10-6-4-7-12-8-10/h5,10,12H,3-4,6-8H2,1-2H3,(H,13,14)/b9-5-/t10-/m1/s1. The fourth-order valence-corrected chi connectivity index (χ4v) is 1.67. The van der Waals surface area contributed by atoms with Crippen molar-refractivity contribution in [2.45, 2.75) is 39.2 Å². The molecule has 1 heterocycles. The molecule has 14 heavy (non-hydrogen) atoms. The predicted octanol–water partition coefficient (Wildman–Crippen LogP) is 1.21. The quantitative estimate of drug-likeness (QED) is 0.666. The first-order valence-corrected chi connectivity index (χ1v) is 5.42. The first-order chi connectivity index (χ1) is 6.74. The molecule has 0 spiro atoms. The zero-order chi connectivity index (χ0) is 10.4. The summed E-state index contributed by atoms with van der Waals surface area (Å²) in [5.74, 6) is 0.0838. The maximum Gasteiger partial charge on any atom is 0.246 e. The van der Waals surface area contributed by atoms with Crippen molar-refractivity contribution in [1.82, 2.24) is 10.6 Å². The maximum atomic E-state index is 11.6. The monoisotopic (exact) mass is 196 g/mol. The fourth-order valence-electron chi connectivity index (χ4n) is 1.67. The number of hydrogen-bond donors (Lipinski definition) is 2. The summed E-state index contributed by atoms with van der Waals surface area (Å²) >= 11 is 0. The van der Waals surface area contributed by atoms with Gasteiger partial charge in [0, 0.05) is 18.2 Å². The molecule has 3 heteroatoms. The number of carbonyl (C=O) groups excluding carboxylic acids is 1. The van der Waals surface area contributed by atoms with E-state index in [2.05, 4.69) is 10.6 Å². The molecule has 80 valence electrons. The lowest BCUT2D eigenvalue weighted by Crippen LogP contribution is -2.45. The summed E-state index contributed by atoms with van der Waals surface area (Å²) in [4.78, 5) is 11.6. The van der Waals surface area contributed by atoms with E-state index >= 15 is 0 Å². The maximum absolute atomic E-state index is 11.6. The highest BCUT2D eigenvalue weighted by Crippen LogP contribution is 2.03. The van der Waals surface area contributed by atoms with Gasteiger partial charge in [-0.1, -0.05) is 13.0 Å². The van der Waals surface area contributed by atoms with Gasteiger partial charge in [-0.05, 0) is 32.7 Å². The molecule has 1 saturated heterocycles. The molecule has 1 rings (SSSR count). The fraction of sp³-hybridized carbons (Fsp3) is 0.727. The SMILES string of the molecule is CC/C=C(/C)C(=O)N[C@@H]1CCCNC1. The number of carbonyl (C=O) groups is 1. The highest BCUT2D eigenvalue weighted by atomic mass is 16.1. The summed E-state index contributed by atoms with van der Waals surface area (Å²) in [6, 6.07) is 0.316. The summed E-state index contributed by atoms with van der Waals surface area (Å²) < 4.78 is 0. The van der Waals surface area contributed by atoms with Crippen LogP contribution in [0.4, 0.5) is 0 Å². The van der Waals surface area contributed by atoms with Crippen LogP contribution in [0.2, 0.25) is 0 Å². The molecular weight excluding hydrogens is 176 g/mol. The molecule has 0 aromatic heterocycles. The Kier molecular flexibility index (Phi) is 4.66. The van der Waals surface area contributed by atoms with Crippen LogP contribution < -0.4 is 10.6 Å². The van der Waals surface area contributed by atoms with Gasteiger partial charge in [-0.15, -0.1) is 0 Å². The van der Waals surface area contributed by atoms with Crippen molar-refractivity contribution in [3.8, 4) is 0 Å². The van der Waals surface area contributed by atoms with Crippen molar-refractivity contribution in [1.29, 1.82) is 0 Å². The molecule has 3 nitrogen and oxygen atoms in total. The Morgan fingerprint density at radius 3 is 3.00 bits per heavy atom. The van der Waals surface area contributed by atoms with Crippen LogP contribution in [0, 0.1) is 0 Å². The molecule has 1 atom stereocenters. The summed E-state index contributed by atoms with van der Waals surface area (Å²) in [6.07, 6.45) is 5.13. The van der Waals surface area contributed by atoms with Crippen LogP contribution in [-0.2, 0) is 4.79 Å². The first-order valence-electron chi connectivity index (χ1n) is 5.42. The van der Waals surface area contributed by atoms with Crippen LogP contribution in [0.3, 0.4) is 0 Å². The van der Waals surface area contributed by atoms with E-state index in [0.29, 0.717) is 6.04 Å². The van der Waals surface area contributed by atoms with Crippen LogP contribution >= 0.6 is 0 Å². The Hall–Kier alpha value is -0.830. The Morgan fingerprint density at radius 2 is 2.43 bits per heavy atom. The zero-order valence-corrected chi connectivity index (χ0v) is 9.10. The average Bonchev–Trinajstić information content (AvgIpc) is 2.19. The molecule has 1 aliphatic rings. The second-order valence-electron chi connectivity index (χ2n) is 3.81. The van der Waals surface area contributed by atoms with E-state index < -0.39 is 0 Å². The normalized spacial score (nSPS) is 23.3. The topological polar surface area (TPSA) is 41.1 Å². The van der Waals surface area contributed by atoms with Gasteiger partial charge in [-0.3, -0.25) is 4.79 Å². The molecule has 2 N–H and O–H groups in total. The summed E-state index contributed by atoms with van der Waals surface area (Å²) in [5.41, 5.74) is 0.832. The molecular formula is C11H20N2O. The van der Waals surface area contributed by atoms with Crippen LogP contribution in [0.25, 0.3) is 0 Å². The smallest absolute Gasteiger partial charge is 0.246 e. The van der Waals surface area contributed by atoms with Crippen molar-refractivity contribution in [2.75, 3.05) is 13.1 Å². The number of piperidine rings is 1. The van der Waals surface area contributed by atoms with Crippen LogP contribution in [0.15, 0.2) is 11.6 Å². The minimum atomic E-state index is 0.0838. The van der Waals surface area contributed by atoms with Crippen LogP contribution in [-0.4, -0.2) is 25.0 Å². The van der Waals surface area contributed by atoms with Crippen LogP contribution in [0.1, 0.15) is 33.1 Å². The third-order valence-electron chi connectivity index (χ3n) is 2.50. The summed E-state index contributed by atoms with van der Waals surface area (Å²) in [6.45, 7) is 5.90. The van der Waals surface area contributed by atoms with E-state index in [0.717, 1.165) is 37.9 Å². The molecule has 0 saturated carbocycles.